The van der Waals surface area contributed by atoms with Crippen molar-refractivity contribution in [1.82, 2.24) is 9.97 Å². The molecule has 0 unspecified atom stereocenters. The number of halogens is 2. The van der Waals surface area contributed by atoms with Crippen LogP contribution in [-0.4, -0.2) is 9.97 Å². The number of fused-ring (bicyclic) bond motifs is 1. The van der Waals surface area contributed by atoms with E-state index >= 15 is 0 Å². The minimum absolute atomic E-state index is 0.301. The molecule has 0 saturated carbocycles. The van der Waals surface area contributed by atoms with Gasteiger partial charge in [-0.1, -0.05) is 17.7 Å². The molecule has 1 N–H and O–H groups in total. The lowest BCUT2D eigenvalue weighted by atomic mass is 10.1. The monoisotopic (exact) mass is 288 g/mol. The zero-order chi connectivity index (χ0) is 14.3. The zero-order valence-electron chi connectivity index (χ0n) is 11.3. The van der Waals surface area contributed by atoms with E-state index in [1.54, 1.807) is 12.1 Å². The molecular formula is C16H14ClFN2. The first-order valence-corrected chi connectivity index (χ1v) is 6.81. The van der Waals surface area contributed by atoms with Gasteiger partial charge < -0.3 is 4.98 Å². The summed E-state index contributed by atoms with van der Waals surface area (Å²) in [6.45, 7) is 4.11. The second-order valence-corrected chi connectivity index (χ2v) is 5.42. The fraction of sp³-hybridized carbons (Fsp3) is 0.188. The van der Waals surface area contributed by atoms with Crippen LogP contribution in [0.3, 0.4) is 0 Å². The van der Waals surface area contributed by atoms with E-state index in [0.29, 0.717) is 17.0 Å². The molecule has 3 rings (SSSR count). The highest BCUT2D eigenvalue weighted by molar-refractivity contribution is 6.31. The van der Waals surface area contributed by atoms with Crippen LogP contribution in [0.5, 0.6) is 0 Å². The molecule has 0 aliphatic heterocycles. The van der Waals surface area contributed by atoms with Gasteiger partial charge in [0, 0.05) is 17.0 Å². The van der Waals surface area contributed by atoms with Crippen molar-refractivity contribution in [3.05, 3.63) is 63.7 Å². The first-order chi connectivity index (χ1) is 9.54. The number of aryl methyl sites for hydroxylation is 2. The van der Waals surface area contributed by atoms with Crippen LogP contribution in [0, 0.1) is 19.7 Å². The van der Waals surface area contributed by atoms with Gasteiger partial charge in [-0.15, -0.1) is 0 Å². The van der Waals surface area contributed by atoms with Crippen LogP contribution in [0.4, 0.5) is 4.39 Å². The maximum Gasteiger partial charge on any atom is 0.128 e. The van der Waals surface area contributed by atoms with Gasteiger partial charge in [-0.05, 0) is 49.2 Å². The lowest BCUT2D eigenvalue weighted by Gasteiger charge is -2.03. The van der Waals surface area contributed by atoms with Gasteiger partial charge in [0.05, 0.1) is 11.0 Å². The minimum atomic E-state index is -0.301. The first-order valence-electron chi connectivity index (χ1n) is 6.43. The summed E-state index contributed by atoms with van der Waals surface area (Å²) in [4.78, 5) is 7.74. The molecule has 2 aromatic carbocycles. The predicted octanol–water partition coefficient (Wildman–Crippen LogP) is 4.56. The van der Waals surface area contributed by atoms with E-state index in [9.17, 15) is 4.39 Å². The molecule has 0 spiro atoms. The Morgan fingerprint density at radius 3 is 2.70 bits per heavy atom. The van der Waals surface area contributed by atoms with Crippen molar-refractivity contribution >= 4 is 22.6 Å². The number of benzene rings is 2. The van der Waals surface area contributed by atoms with Crippen LogP contribution in [-0.2, 0) is 6.42 Å². The Labute approximate surface area is 121 Å². The Morgan fingerprint density at radius 2 is 1.95 bits per heavy atom. The van der Waals surface area contributed by atoms with Gasteiger partial charge in [-0.25, -0.2) is 9.37 Å². The average molecular weight is 289 g/mol. The van der Waals surface area contributed by atoms with E-state index in [-0.39, 0.29) is 5.82 Å². The average Bonchev–Trinajstić information content (AvgIpc) is 2.76. The molecule has 20 heavy (non-hydrogen) atoms. The maximum absolute atomic E-state index is 13.8. The van der Waals surface area contributed by atoms with E-state index in [1.807, 2.05) is 6.07 Å². The number of aromatic nitrogens is 2. The van der Waals surface area contributed by atoms with Crippen LogP contribution < -0.4 is 0 Å². The third kappa shape index (κ3) is 2.29. The Balaban J connectivity index is 2.03. The molecular weight excluding hydrogens is 275 g/mol. The fourth-order valence-electron chi connectivity index (χ4n) is 2.27. The standard InChI is InChI=1S/C16H14ClFN2/c1-9-6-14-15(7-10(9)2)20-16(19-14)8-11-12(17)4-3-5-13(11)18/h3-7H,8H2,1-2H3,(H,19,20). The van der Waals surface area contributed by atoms with Crippen LogP contribution in [0.2, 0.25) is 5.02 Å². The van der Waals surface area contributed by atoms with Gasteiger partial charge in [0.25, 0.3) is 0 Å². The number of imidazole rings is 1. The summed E-state index contributed by atoms with van der Waals surface area (Å²) >= 11 is 6.05. The maximum atomic E-state index is 13.8. The summed E-state index contributed by atoms with van der Waals surface area (Å²) in [5.74, 6) is 0.419. The molecule has 0 saturated heterocycles. The third-order valence-corrected chi connectivity index (χ3v) is 3.91. The normalized spacial score (nSPS) is 11.2. The van der Waals surface area contributed by atoms with E-state index in [1.165, 1.54) is 17.2 Å². The van der Waals surface area contributed by atoms with Crippen molar-refractivity contribution in [1.29, 1.82) is 0 Å². The lowest BCUT2D eigenvalue weighted by Crippen LogP contribution is -1.95. The van der Waals surface area contributed by atoms with E-state index in [4.69, 9.17) is 11.6 Å². The van der Waals surface area contributed by atoms with Gasteiger partial charge in [0.2, 0.25) is 0 Å². The number of aromatic amines is 1. The van der Waals surface area contributed by atoms with Crippen molar-refractivity contribution < 1.29 is 4.39 Å². The van der Waals surface area contributed by atoms with Crippen LogP contribution in [0.15, 0.2) is 30.3 Å². The van der Waals surface area contributed by atoms with Crippen molar-refractivity contribution in [2.75, 3.05) is 0 Å². The van der Waals surface area contributed by atoms with Crippen molar-refractivity contribution in [3.8, 4) is 0 Å². The van der Waals surface area contributed by atoms with Gasteiger partial charge >= 0.3 is 0 Å². The SMILES string of the molecule is Cc1cc2nc(Cc3c(F)cccc3Cl)[nH]c2cc1C. The Bertz CT molecular complexity index is 733. The zero-order valence-corrected chi connectivity index (χ0v) is 12.1. The smallest absolute Gasteiger partial charge is 0.128 e. The van der Waals surface area contributed by atoms with Gasteiger partial charge in [-0.3, -0.25) is 0 Å². The van der Waals surface area contributed by atoms with Crippen molar-refractivity contribution in [2.45, 2.75) is 20.3 Å². The number of rotatable bonds is 2. The molecule has 1 heterocycles. The highest BCUT2D eigenvalue weighted by atomic mass is 35.5. The number of nitrogens with zero attached hydrogens (tertiary/aromatic N) is 1. The number of H-pyrrole nitrogens is 1. The molecule has 2 nitrogen and oxygen atoms in total. The number of nitrogens with one attached hydrogen (secondary N) is 1. The van der Waals surface area contributed by atoms with Crippen LogP contribution >= 0.6 is 11.6 Å². The molecule has 0 atom stereocenters. The van der Waals surface area contributed by atoms with E-state index < -0.39 is 0 Å². The van der Waals surface area contributed by atoms with Gasteiger partial charge in [-0.2, -0.15) is 0 Å². The molecule has 102 valence electrons. The molecule has 0 aliphatic carbocycles. The summed E-state index contributed by atoms with van der Waals surface area (Å²) in [6, 6.07) is 8.80. The molecule has 0 aliphatic rings. The summed E-state index contributed by atoms with van der Waals surface area (Å²) in [5.41, 5.74) is 4.74. The van der Waals surface area contributed by atoms with E-state index in [0.717, 1.165) is 16.9 Å². The van der Waals surface area contributed by atoms with Gasteiger partial charge in [0.15, 0.2) is 0 Å². The van der Waals surface area contributed by atoms with Crippen molar-refractivity contribution in [3.63, 3.8) is 0 Å². The summed E-state index contributed by atoms with van der Waals surface area (Å²) < 4.78 is 13.8. The summed E-state index contributed by atoms with van der Waals surface area (Å²) in [5, 5.41) is 0.429. The van der Waals surface area contributed by atoms with Crippen LogP contribution in [0.25, 0.3) is 11.0 Å². The largest absolute Gasteiger partial charge is 0.342 e. The molecule has 0 bridgehead atoms. The second-order valence-electron chi connectivity index (χ2n) is 5.01. The molecule has 0 radical (unpaired) electrons. The fourth-order valence-corrected chi connectivity index (χ4v) is 2.50. The minimum Gasteiger partial charge on any atom is -0.342 e. The third-order valence-electron chi connectivity index (χ3n) is 3.55. The first kappa shape index (κ1) is 13.1. The van der Waals surface area contributed by atoms with Gasteiger partial charge in [0.1, 0.15) is 11.6 Å². The topological polar surface area (TPSA) is 28.7 Å². The molecule has 0 fully saturated rings. The molecule has 1 aromatic heterocycles. The Hall–Kier alpha value is -1.87. The quantitative estimate of drug-likeness (QED) is 0.735. The summed E-state index contributed by atoms with van der Waals surface area (Å²) in [6.07, 6.45) is 0.359. The molecule has 0 amide bonds. The second kappa shape index (κ2) is 4.91. The lowest BCUT2D eigenvalue weighted by molar-refractivity contribution is 0.612. The van der Waals surface area contributed by atoms with E-state index in [2.05, 4.69) is 29.9 Å². The Morgan fingerprint density at radius 1 is 1.20 bits per heavy atom. The molecule has 4 heteroatoms. The Kier molecular flexibility index (Phi) is 3.22. The molecule has 3 aromatic rings. The number of hydrogen-bond acceptors (Lipinski definition) is 1. The highest BCUT2D eigenvalue weighted by Gasteiger charge is 2.11. The highest BCUT2D eigenvalue weighted by Crippen LogP contribution is 2.23. The summed E-state index contributed by atoms with van der Waals surface area (Å²) in [7, 11) is 0. The predicted molar refractivity (Wildman–Crippen MR) is 79.8 cm³/mol. The van der Waals surface area contributed by atoms with Crippen molar-refractivity contribution in [2.24, 2.45) is 0 Å². The van der Waals surface area contributed by atoms with Crippen LogP contribution in [0.1, 0.15) is 22.5 Å². The number of hydrogen-bond donors (Lipinski definition) is 1.